The first kappa shape index (κ1) is 15.0. The molecular formula is C13H20F2N2O. The maximum atomic E-state index is 13.8. The van der Waals surface area contributed by atoms with Crippen molar-refractivity contribution in [2.45, 2.75) is 26.3 Å². The van der Waals surface area contributed by atoms with Crippen LogP contribution < -0.4 is 11.3 Å². The highest BCUT2D eigenvalue weighted by Gasteiger charge is 2.20. The lowest BCUT2D eigenvalue weighted by molar-refractivity contribution is 0.149. The summed E-state index contributed by atoms with van der Waals surface area (Å²) in [7, 11) is 1.60. The Bertz CT molecular complexity index is 399. The number of halogens is 2. The molecule has 1 aromatic carbocycles. The maximum Gasteiger partial charge on any atom is 0.163 e. The SMILES string of the molecule is COCC(C)CC(NN)c1ccc(C)c(F)c1F. The number of hydrogen-bond acceptors (Lipinski definition) is 3. The van der Waals surface area contributed by atoms with E-state index in [9.17, 15) is 8.78 Å². The van der Waals surface area contributed by atoms with E-state index >= 15 is 0 Å². The van der Waals surface area contributed by atoms with Crippen LogP contribution in [0.4, 0.5) is 8.78 Å². The number of aryl methyl sites for hydroxylation is 1. The molecular weight excluding hydrogens is 238 g/mol. The van der Waals surface area contributed by atoms with Crippen molar-refractivity contribution in [3.8, 4) is 0 Å². The third-order valence-electron chi connectivity index (χ3n) is 2.97. The number of ether oxygens (including phenoxy) is 1. The van der Waals surface area contributed by atoms with Gasteiger partial charge in [-0.2, -0.15) is 0 Å². The first-order valence-corrected chi connectivity index (χ1v) is 5.90. The number of hydrogen-bond donors (Lipinski definition) is 2. The largest absolute Gasteiger partial charge is 0.384 e. The lowest BCUT2D eigenvalue weighted by Gasteiger charge is -2.21. The molecule has 0 aromatic heterocycles. The van der Waals surface area contributed by atoms with Gasteiger partial charge in [0.15, 0.2) is 11.6 Å². The van der Waals surface area contributed by atoms with Gasteiger partial charge in [-0.25, -0.2) is 8.78 Å². The number of methoxy groups -OCH3 is 1. The van der Waals surface area contributed by atoms with E-state index < -0.39 is 17.7 Å². The highest BCUT2D eigenvalue weighted by molar-refractivity contribution is 5.27. The lowest BCUT2D eigenvalue weighted by Crippen LogP contribution is -2.31. The van der Waals surface area contributed by atoms with Gasteiger partial charge >= 0.3 is 0 Å². The van der Waals surface area contributed by atoms with Crippen LogP contribution in [0.1, 0.15) is 30.5 Å². The molecule has 0 heterocycles. The Labute approximate surface area is 106 Å². The molecule has 0 saturated carbocycles. The molecule has 3 N–H and O–H groups in total. The molecule has 0 bridgehead atoms. The minimum Gasteiger partial charge on any atom is -0.384 e. The molecule has 5 heteroatoms. The summed E-state index contributed by atoms with van der Waals surface area (Å²) in [5, 5.41) is 0. The van der Waals surface area contributed by atoms with Crippen molar-refractivity contribution in [1.82, 2.24) is 5.43 Å². The summed E-state index contributed by atoms with van der Waals surface area (Å²) < 4.78 is 32.4. The van der Waals surface area contributed by atoms with Gasteiger partial charge in [-0.3, -0.25) is 11.3 Å². The van der Waals surface area contributed by atoms with Gasteiger partial charge in [0.1, 0.15) is 0 Å². The van der Waals surface area contributed by atoms with Gasteiger partial charge in [-0.15, -0.1) is 0 Å². The van der Waals surface area contributed by atoms with Crippen LogP contribution in [0.5, 0.6) is 0 Å². The van der Waals surface area contributed by atoms with E-state index in [2.05, 4.69) is 5.43 Å². The summed E-state index contributed by atoms with van der Waals surface area (Å²) in [6.07, 6.45) is 0.573. The predicted molar refractivity (Wildman–Crippen MR) is 66.8 cm³/mol. The van der Waals surface area contributed by atoms with Crippen LogP contribution in [-0.4, -0.2) is 13.7 Å². The normalized spacial score (nSPS) is 14.6. The second-order valence-corrected chi connectivity index (χ2v) is 4.62. The maximum absolute atomic E-state index is 13.8. The van der Waals surface area contributed by atoms with Crippen LogP contribution in [0.25, 0.3) is 0 Å². The van der Waals surface area contributed by atoms with E-state index in [1.807, 2.05) is 6.92 Å². The molecule has 3 nitrogen and oxygen atoms in total. The number of benzene rings is 1. The number of rotatable bonds is 6. The number of nitrogens with two attached hydrogens (primary N) is 1. The first-order valence-electron chi connectivity index (χ1n) is 5.90. The van der Waals surface area contributed by atoms with Gasteiger partial charge in [0.25, 0.3) is 0 Å². The van der Waals surface area contributed by atoms with Gasteiger partial charge in [0, 0.05) is 25.3 Å². The minimum atomic E-state index is -0.831. The summed E-state index contributed by atoms with van der Waals surface area (Å²) in [5.74, 6) is 3.98. The van der Waals surface area contributed by atoms with Crippen molar-refractivity contribution in [2.75, 3.05) is 13.7 Å². The third-order valence-corrected chi connectivity index (χ3v) is 2.97. The summed E-state index contributed by atoms with van der Waals surface area (Å²) in [4.78, 5) is 0. The minimum absolute atomic E-state index is 0.194. The van der Waals surface area contributed by atoms with Crippen LogP contribution >= 0.6 is 0 Å². The zero-order valence-electron chi connectivity index (χ0n) is 11.0. The van der Waals surface area contributed by atoms with Crippen LogP contribution in [-0.2, 0) is 4.74 Å². The molecule has 18 heavy (non-hydrogen) atoms. The fraction of sp³-hybridized carbons (Fsp3) is 0.538. The summed E-state index contributed by atoms with van der Waals surface area (Å²) in [6, 6.07) is 2.70. The second kappa shape index (κ2) is 6.78. The Morgan fingerprint density at radius 1 is 1.33 bits per heavy atom. The van der Waals surface area contributed by atoms with Gasteiger partial charge in [-0.1, -0.05) is 19.1 Å². The van der Waals surface area contributed by atoms with E-state index in [0.717, 1.165) is 0 Å². The Hall–Kier alpha value is -1.04. The van der Waals surface area contributed by atoms with E-state index in [0.29, 0.717) is 13.0 Å². The van der Waals surface area contributed by atoms with Gasteiger partial charge in [-0.05, 0) is 24.8 Å². The second-order valence-electron chi connectivity index (χ2n) is 4.62. The molecule has 102 valence electrons. The van der Waals surface area contributed by atoms with Gasteiger partial charge in [0.2, 0.25) is 0 Å². The zero-order chi connectivity index (χ0) is 13.7. The van der Waals surface area contributed by atoms with Crippen LogP contribution in [0.2, 0.25) is 0 Å². The molecule has 0 spiro atoms. The molecule has 2 unspecified atom stereocenters. The first-order chi connectivity index (χ1) is 8.51. The molecule has 0 aliphatic rings. The van der Waals surface area contributed by atoms with Crippen molar-refractivity contribution in [1.29, 1.82) is 0 Å². The topological polar surface area (TPSA) is 47.3 Å². The van der Waals surface area contributed by atoms with Crippen molar-refractivity contribution in [3.63, 3.8) is 0 Å². The summed E-state index contributed by atoms with van der Waals surface area (Å²) in [5.41, 5.74) is 3.08. The Kier molecular flexibility index (Phi) is 5.65. The van der Waals surface area contributed by atoms with E-state index in [4.69, 9.17) is 10.6 Å². The number of hydrazine groups is 1. The summed E-state index contributed by atoms with van der Waals surface area (Å²) in [6.45, 7) is 4.05. The quantitative estimate of drug-likeness (QED) is 0.608. The van der Waals surface area contributed by atoms with Crippen molar-refractivity contribution in [2.24, 2.45) is 11.8 Å². The monoisotopic (exact) mass is 258 g/mol. The van der Waals surface area contributed by atoms with Crippen molar-refractivity contribution in [3.05, 3.63) is 34.9 Å². The van der Waals surface area contributed by atoms with Crippen LogP contribution in [0.3, 0.4) is 0 Å². The molecule has 0 aliphatic carbocycles. The Balaban J connectivity index is 2.92. The van der Waals surface area contributed by atoms with Crippen molar-refractivity contribution < 1.29 is 13.5 Å². The summed E-state index contributed by atoms with van der Waals surface area (Å²) >= 11 is 0. The molecule has 1 aromatic rings. The highest BCUT2D eigenvalue weighted by Crippen LogP contribution is 2.26. The standard InChI is InChI=1S/C13H20F2N2O/c1-8(7-18-3)6-11(17-16)10-5-4-9(2)12(14)13(10)15/h4-5,8,11,17H,6-7,16H2,1-3H3. The smallest absolute Gasteiger partial charge is 0.163 e. The molecule has 2 atom stereocenters. The molecule has 0 aliphatic heterocycles. The Morgan fingerprint density at radius 3 is 2.56 bits per heavy atom. The van der Waals surface area contributed by atoms with Crippen LogP contribution in [0.15, 0.2) is 12.1 Å². The predicted octanol–water partition coefficient (Wildman–Crippen LogP) is 2.45. The van der Waals surface area contributed by atoms with Crippen LogP contribution in [0, 0.1) is 24.5 Å². The van der Waals surface area contributed by atoms with Gasteiger partial charge in [0.05, 0.1) is 0 Å². The highest BCUT2D eigenvalue weighted by atomic mass is 19.2. The lowest BCUT2D eigenvalue weighted by atomic mass is 9.95. The molecule has 1 rings (SSSR count). The molecule has 0 amide bonds. The van der Waals surface area contributed by atoms with E-state index in [1.165, 1.54) is 6.92 Å². The van der Waals surface area contributed by atoms with E-state index in [1.54, 1.807) is 19.2 Å². The van der Waals surface area contributed by atoms with Crippen molar-refractivity contribution >= 4 is 0 Å². The zero-order valence-corrected chi connectivity index (χ0v) is 11.0. The fourth-order valence-electron chi connectivity index (χ4n) is 1.97. The van der Waals surface area contributed by atoms with Gasteiger partial charge < -0.3 is 4.74 Å². The average Bonchev–Trinajstić information content (AvgIpc) is 2.34. The van der Waals surface area contributed by atoms with E-state index in [-0.39, 0.29) is 17.0 Å². The number of nitrogens with one attached hydrogen (secondary N) is 1. The molecule has 0 fully saturated rings. The average molecular weight is 258 g/mol. The Morgan fingerprint density at radius 2 is 2.00 bits per heavy atom. The molecule has 0 radical (unpaired) electrons. The molecule has 0 saturated heterocycles. The third kappa shape index (κ3) is 3.48. The fourth-order valence-corrected chi connectivity index (χ4v) is 1.97.